The lowest BCUT2D eigenvalue weighted by Crippen LogP contribution is -2.40. The van der Waals surface area contributed by atoms with Gasteiger partial charge in [0, 0.05) is 38.4 Å². The van der Waals surface area contributed by atoms with E-state index in [4.69, 9.17) is 4.74 Å². The topological polar surface area (TPSA) is 69.4 Å². The van der Waals surface area contributed by atoms with Crippen LogP contribution in [-0.4, -0.2) is 45.1 Å². The van der Waals surface area contributed by atoms with Crippen LogP contribution in [0.2, 0.25) is 0 Å². The lowest BCUT2D eigenvalue weighted by atomic mass is 9.96. The molecule has 0 aliphatic carbocycles. The molecule has 0 atom stereocenters. The second-order valence-electron chi connectivity index (χ2n) is 7.26. The Morgan fingerprint density at radius 3 is 2.57 bits per heavy atom. The summed E-state index contributed by atoms with van der Waals surface area (Å²) in [5, 5.41) is 0. The minimum atomic E-state index is -0.0366. The Bertz CT molecular complexity index is 1040. The molecule has 3 heterocycles. The highest BCUT2D eigenvalue weighted by Crippen LogP contribution is 2.22. The first-order valence-corrected chi connectivity index (χ1v) is 9.52. The third kappa shape index (κ3) is 3.28. The average molecular weight is 380 g/mol. The number of aryl methyl sites for hydroxylation is 1. The highest BCUT2D eigenvalue weighted by molar-refractivity contribution is 5.94. The van der Waals surface area contributed by atoms with Gasteiger partial charge in [-0.15, -0.1) is 0 Å². The Balaban J connectivity index is 1.43. The maximum Gasteiger partial charge on any atom is 0.330 e. The maximum atomic E-state index is 12.7. The van der Waals surface area contributed by atoms with E-state index in [1.165, 1.54) is 0 Å². The van der Waals surface area contributed by atoms with Crippen molar-refractivity contribution in [3.8, 4) is 5.75 Å². The van der Waals surface area contributed by atoms with E-state index in [1.54, 1.807) is 53.8 Å². The predicted octanol–water partition coefficient (Wildman–Crippen LogP) is 2.30. The Morgan fingerprint density at radius 2 is 1.89 bits per heavy atom. The molecule has 1 aliphatic rings. The number of aromatic nitrogens is 3. The number of piperidine rings is 1. The Labute approximate surface area is 163 Å². The lowest BCUT2D eigenvalue weighted by molar-refractivity contribution is 0.0683. The van der Waals surface area contributed by atoms with Crippen molar-refractivity contribution in [3.05, 3.63) is 58.6 Å². The number of likely N-dealkylation sites (tertiary alicyclic amines) is 1. The molecule has 1 aromatic carbocycles. The Hall–Kier alpha value is -3.09. The number of ether oxygens (including phenoxy) is 1. The summed E-state index contributed by atoms with van der Waals surface area (Å²) >= 11 is 0. The third-order valence-electron chi connectivity index (χ3n) is 5.58. The normalized spacial score (nSPS) is 15.1. The quantitative estimate of drug-likeness (QED) is 0.696. The van der Waals surface area contributed by atoms with Crippen LogP contribution in [0, 0.1) is 5.92 Å². The molecule has 0 bridgehead atoms. The van der Waals surface area contributed by atoms with Crippen LogP contribution in [0.4, 0.5) is 0 Å². The number of rotatable bonds is 4. The molecule has 0 unspecified atom stereocenters. The van der Waals surface area contributed by atoms with Gasteiger partial charge in [0.2, 0.25) is 0 Å². The molecule has 1 fully saturated rings. The van der Waals surface area contributed by atoms with Gasteiger partial charge in [0.25, 0.3) is 5.91 Å². The summed E-state index contributed by atoms with van der Waals surface area (Å²) in [6.07, 6.45) is 3.46. The van der Waals surface area contributed by atoms with E-state index >= 15 is 0 Å². The largest absolute Gasteiger partial charge is 0.497 e. The molecule has 146 valence electrons. The number of hydrogen-bond acceptors (Lipinski definition) is 4. The van der Waals surface area contributed by atoms with Gasteiger partial charge >= 0.3 is 5.69 Å². The van der Waals surface area contributed by atoms with Gasteiger partial charge in [-0.3, -0.25) is 13.9 Å². The first-order valence-electron chi connectivity index (χ1n) is 9.52. The molecule has 7 nitrogen and oxygen atoms in total. The number of pyridine rings is 1. The molecular formula is C21H24N4O3. The predicted molar refractivity (Wildman–Crippen MR) is 107 cm³/mol. The van der Waals surface area contributed by atoms with Crippen LogP contribution >= 0.6 is 0 Å². The van der Waals surface area contributed by atoms with E-state index in [1.807, 2.05) is 17.0 Å². The first kappa shape index (κ1) is 18.3. The molecule has 1 saturated heterocycles. The molecule has 0 saturated carbocycles. The number of hydrogen-bond donors (Lipinski definition) is 0. The van der Waals surface area contributed by atoms with Gasteiger partial charge in [0.1, 0.15) is 5.75 Å². The van der Waals surface area contributed by atoms with Crippen LogP contribution < -0.4 is 10.4 Å². The van der Waals surface area contributed by atoms with Gasteiger partial charge in [-0.2, -0.15) is 0 Å². The molecule has 7 heteroatoms. The molecule has 1 amide bonds. The van der Waals surface area contributed by atoms with Crippen molar-refractivity contribution in [1.82, 2.24) is 19.0 Å². The van der Waals surface area contributed by atoms with Crippen molar-refractivity contribution >= 4 is 17.1 Å². The Kier molecular flexibility index (Phi) is 4.90. The fourth-order valence-electron chi connectivity index (χ4n) is 3.89. The summed E-state index contributed by atoms with van der Waals surface area (Å²) in [6, 6.07) is 11.0. The maximum absolute atomic E-state index is 12.7. The van der Waals surface area contributed by atoms with Crippen LogP contribution in [0.3, 0.4) is 0 Å². The molecule has 3 aromatic rings. The van der Waals surface area contributed by atoms with Crippen LogP contribution in [0.15, 0.2) is 47.4 Å². The van der Waals surface area contributed by atoms with Crippen LogP contribution in [0.1, 0.15) is 23.2 Å². The zero-order valence-corrected chi connectivity index (χ0v) is 16.2. The van der Waals surface area contributed by atoms with Crippen molar-refractivity contribution in [1.29, 1.82) is 0 Å². The summed E-state index contributed by atoms with van der Waals surface area (Å²) in [6.45, 7) is 2.03. The van der Waals surface area contributed by atoms with Gasteiger partial charge in [-0.25, -0.2) is 9.78 Å². The fraction of sp³-hybridized carbons (Fsp3) is 0.381. The number of methoxy groups -OCH3 is 1. The highest BCUT2D eigenvalue weighted by atomic mass is 16.5. The number of carbonyl (C=O) groups excluding carboxylic acids is 1. The van der Waals surface area contributed by atoms with Crippen molar-refractivity contribution < 1.29 is 9.53 Å². The summed E-state index contributed by atoms with van der Waals surface area (Å²) in [5.41, 5.74) is 2.21. The zero-order chi connectivity index (χ0) is 19.7. The van der Waals surface area contributed by atoms with Crippen LogP contribution in [-0.2, 0) is 13.6 Å². The third-order valence-corrected chi connectivity index (χ3v) is 5.58. The SMILES string of the molecule is COc1ccc(C(=O)N2CCC(Cn3c(=O)n(C)c4cccnc43)CC2)cc1. The number of benzene rings is 1. The van der Waals surface area contributed by atoms with E-state index in [2.05, 4.69) is 4.98 Å². The lowest BCUT2D eigenvalue weighted by Gasteiger charge is -2.32. The van der Waals surface area contributed by atoms with Gasteiger partial charge in [-0.05, 0) is 55.2 Å². The van der Waals surface area contributed by atoms with Crippen molar-refractivity contribution in [2.45, 2.75) is 19.4 Å². The average Bonchev–Trinajstić information content (AvgIpc) is 2.99. The fourth-order valence-corrected chi connectivity index (χ4v) is 3.89. The van der Waals surface area contributed by atoms with Crippen LogP contribution in [0.5, 0.6) is 5.75 Å². The first-order chi connectivity index (χ1) is 13.6. The molecule has 4 rings (SSSR count). The van der Waals surface area contributed by atoms with E-state index < -0.39 is 0 Å². The molecule has 28 heavy (non-hydrogen) atoms. The zero-order valence-electron chi connectivity index (χ0n) is 16.2. The van der Waals surface area contributed by atoms with E-state index in [9.17, 15) is 9.59 Å². The smallest absolute Gasteiger partial charge is 0.330 e. The molecule has 1 aliphatic heterocycles. The van der Waals surface area contributed by atoms with E-state index in [0.717, 1.165) is 29.8 Å². The summed E-state index contributed by atoms with van der Waals surface area (Å²) in [7, 11) is 3.39. The number of carbonyl (C=O) groups is 1. The standard InChI is InChI=1S/C21H24N4O3/c1-23-18-4-3-11-22-19(18)25(21(23)27)14-15-9-12-24(13-10-15)20(26)16-5-7-17(28-2)8-6-16/h3-8,11,15H,9-10,12-14H2,1-2H3. The summed E-state index contributed by atoms with van der Waals surface area (Å²) in [5.74, 6) is 1.14. The summed E-state index contributed by atoms with van der Waals surface area (Å²) < 4.78 is 8.56. The molecule has 0 N–H and O–H groups in total. The number of amides is 1. The van der Waals surface area contributed by atoms with Gasteiger partial charge in [0.05, 0.1) is 12.6 Å². The minimum absolute atomic E-state index is 0.0366. The summed E-state index contributed by atoms with van der Waals surface area (Å²) in [4.78, 5) is 31.6. The second-order valence-corrected chi connectivity index (χ2v) is 7.26. The number of fused-ring (bicyclic) bond motifs is 1. The monoisotopic (exact) mass is 380 g/mol. The highest BCUT2D eigenvalue weighted by Gasteiger charge is 2.25. The molecule has 2 aromatic heterocycles. The van der Waals surface area contributed by atoms with Crippen molar-refractivity contribution in [2.75, 3.05) is 20.2 Å². The number of nitrogens with zero attached hydrogens (tertiary/aromatic N) is 4. The van der Waals surface area contributed by atoms with Gasteiger partial charge in [0.15, 0.2) is 5.65 Å². The van der Waals surface area contributed by atoms with E-state index in [0.29, 0.717) is 31.1 Å². The number of imidazole rings is 1. The van der Waals surface area contributed by atoms with Gasteiger partial charge in [-0.1, -0.05) is 0 Å². The minimum Gasteiger partial charge on any atom is -0.497 e. The van der Waals surface area contributed by atoms with Crippen LogP contribution in [0.25, 0.3) is 11.2 Å². The molecular weight excluding hydrogens is 356 g/mol. The van der Waals surface area contributed by atoms with Gasteiger partial charge < -0.3 is 9.64 Å². The van der Waals surface area contributed by atoms with Crippen molar-refractivity contribution in [2.24, 2.45) is 13.0 Å². The molecule has 0 spiro atoms. The van der Waals surface area contributed by atoms with Crippen molar-refractivity contribution in [3.63, 3.8) is 0 Å². The molecule has 0 radical (unpaired) electrons. The van der Waals surface area contributed by atoms with E-state index in [-0.39, 0.29) is 11.6 Å². The Morgan fingerprint density at radius 1 is 1.18 bits per heavy atom. The second kappa shape index (κ2) is 7.50.